The Kier molecular flexibility index (Phi) is 6.68. The molecule has 2 atom stereocenters. The molecule has 0 spiro atoms. The van der Waals surface area contributed by atoms with Gasteiger partial charge < -0.3 is 25.4 Å². The number of carboxylic acid groups (broad SMARTS) is 1. The Morgan fingerprint density at radius 3 is 2.64 bits per heavy atom. The van der Waals surface area contributed by atoms with Crippen molar-refractivity contribution in [3.8, 4) is 0 Å². The van der Waals surface area contributed by atoms with E-state index < -0.39 is 18.6 Å². The fourth-order valence-electron chi connectivity index (χ4n) is 3.81. The lowest BCUT2D eigenvalue weighted by Crippen LogP contribution is -2.58. The molecule has 0 radical (unpaired) electrons. The van der Waals surface area contributed by atoms with Crippen molar-refractivity contribution < 1.29 is 19.9 Å². The van der Waals surface area contributed by atoms with Crippen LogP contribution in [0.1, 0.15) is 44.9 Å². The molecule has 2 heterocycles. The number of rotatable bonds is 7. The molecule has 0 bridgehead atoms. The summed E-state index contributed by atoms with van der Waals surface area (Å²) in [6.45, 7) is 3.68. The first kappa shape index (κ1) is 17.7. The summed E-state index contributed by atoms with van der Waals surface area (Å²) in [6.07, 6.45) is 6.83. The molecule has 0 saturated carbocycles. The molecule has 7 heteroatoms. The summed E-state index contributed by atoms with van der Waals surface area (Å²) < 4.78 is 0. The Morgan fingerprint density at radius 2 is 2.00 bits per heavy atom. The number of carboxylic acids is 1. The zero-order valence-electron chi connectivity index (χ0n) is 13.3. The number of piperidine rings is 2. The van der Waals surface area contributed by atoms with Gasteiger partial charge in [0.25, 0.3) is 0 Å². The number of carbonyl (C=O) groups is 1. The normalized spacial score (nSPS) is 30.2. The molecule has 6 nitrogen and oxygen atoms in total. The van der Waals surface area contributed by atoms with E-state index >= 15 is 0 Å². The molecule has 0 amide bonds. The van der Waals surface area contributed by atoms with E-state index in [1.165, 1.54) is 19.3 Å². The van der Waals surface area contributed by atoms with Gasteiger partial charge in [-0.3, -0.25) is 4.79 Å². The maximum absolute atomic E-state index is 11.9. The van der Waals surface area contributed by atoms with E-state index in [1.807, 2.05) is 0 Å². The van der Waals surface area contributed by atoms with Crippen LogP contribution in [-0.2, 0) is 4.79 Å². The minimum atomic E-state index is -1.29. The van der Waals surface area contributed by atoms with Gasteiger partial charge in [0.2, 0.25) is 0 Å². The predicted octanol–water partition coefficient (Wildman–Crippen LogP) is 0.548. The van der Waals surface area contributed by atoms with Gasteiger partial charge in [0.15, 0.2) is 0 Å². The lowest BCUT2D eigenvalue weighted by Gasteiger charge is -2.40. The lowest BCUT2D eigenvalue weighted by atomic mass is 9.73. The lowest BCUT2D eigenvalue weighted by molar-refractivity contribution is -0.147. The third-order valence-electron chi connectivity index (χ3n) is 5.20. The smallest absolute Gasteiger partial charge is 0.451 e. The van der Waals surface area contributed by atoms with E-state index in [4.69, 9.17) is 10.0 Å². The van der Waals surface area contributed by atoms with Crippen LogP contribution in [0.15, 0.2) is 0 Å². The van der Waals surface area contributed by atoms with E-state index in [0.717, 1.165) is 26.1 Å². The summed E-state index contributed by atoms with van der Waals surface area (Å²) >= 11 is 0. The van der Waals surface area contributed by atoms with Gasteiger partial charge in [-0.05, 0) is 64.0 Å². The van der Waals surface area contributed by atoms with Gasteiger partial charge in [0, 0.05) is 6.54 Å². The summed E-state index contributed by atoms with van der Waals surface area (Å²) in [6, 6.07) is 0. The molecule has 126 valence electrons. The summed E-state index contributed by atoms with van der Waals surface area (Å²) in [5, 5.41) is 31.0. The highest BCUT2D eigenvalue weighted by Crippen LogP contribution is 2.31. The predicted molar refractivity (Wildman–Crippen MR) is 85.6 cm³/mol. The third kappa shape index (κ3) is 4.94. The highest BCUT2D eigenvalue weighted by molar-refractivity contribution is 6.40. The van der Waals surface area contributed by atoms with Crippen molar-refractivity contribution in [2.24, 2.45) is 5.92 Å². The topological polar surface area (TPSA) is 93.0 Å². The van der Waals surface area contributed by atoms with Crippen LogP contribution in [-0.4, -0.2) is 64.9 Å². The average molecular weight is 312 g/mol. The van der Waals surface area contributed by atoms with Gasteiger partial charge in [-0.1, -0.05) is 12.8 Å². The number of nitrogens with one attached hydrogen (secondary N) is 1. The second-order valence-electron chi connectivity index (χ2n) is 6.88. The molecule has 0 aromatic heterocycles. The largest absolute Gasteiger partial charge is 0.480 e. The number of aliphatic carboxylic acids is 1. The van der Waals surface area contributed by atoms with Gasteiger partial charge in [-0.25, -0.2) is 0 Å². The van der Waals surface area contributed by atoms with Gasteiger partial charge in [0.1, 0.15) is 5.54 Å². The Hall–Kier alpha value is -0.625. The van der Waals surface area contributed by atoms with Crippen molar-refractivity contribution >= 4 is 13.1 Å². The zero-order chi connectivity index (χ0) is 16.0. The quantitative estimate of drug-likeness (QED) is 0.513. The third-order valence-corrected chi connectivity index (χ3v) is 5.20. The molecule has 2 aliphatic rings. The SMILES string of the molecule is O=C(O)C1(CCN2CCCCC2)CC(CCB(O)O)CCN1. The van der Waals surface area contributed by atoms with Crippen LogP contribution in [0.25, 0.3) is 0 Å². The first-order valence-corrected chi connectivity index (χ1v) is 8.59. The van der Waals surface area contributed by atoms with Crippen molar-refractivity contribution in [1.29, 1.82) is 0 Å². The fraction of sp³-hybridized carbons (Fsp3) is 0.933. The van der Waals surface area contributed by atoms with Crippen LogP contribution >= 0.6 is 0 Å². The first-order chi connectivity index (χ1) is 10.5. The number of hydrogen-bond donors (Lipinski definition) is 4. The summed E-state index contributed by atoms with van der Waals surface area (Å²) in [4.78, 5) is 14.2. The molecule has 0 aromatic rings. The number of hydrogen-bond acceptors (Lipinski definition) is 5. The second-order valence-corrected chi connectivity index (χ2v) is 6.88. The molecular formula is C15H29BN2O4. The van der Waals surface area contributed by atoms with E-state index in [0.29, 0.717) is 32.1 Å². The summed E-state index contributed by atoms with van der Waals surface area (Å²) in [5.74, 6) is -0.515. The molecule has 22 heavy (non-hydrogen) atoms. The standard InChI is InChI=1S/C15H29BN2O4/c19-14(20)15(6-11-18-9-2-1-3-10-18)12-13(5-8-17-15)4-7-16(21)22/h13,17,21-22H,1-12H2,(H,19,20). The van der Waals surface area contributed by atoms with Crippen molar-refractivity contribution in [2.75, 3.05) is 26.2 Å². The molecular weight excluding hydrogens is 283 g/mol. The Balaban J connectivity index is 1.90. The van der Waals surface area contributed by atoms with E-state index in [2.05, 4.69) is 10.2 Å². The minimum absolute atomic E-state index is 0.250. The van der Waals surface area contributed by atoms with Crippen molar-refractivity contribution in [2.45, 2.75) is 56.8 Å². The van der Waals surface area contributed by atoms with Crippen molar-refractivity contribution in [3.05, 3.63) is 0 Å². The van der Waals surface area contributed by atoms with Gasteiger partial charge in [-0.15, -0.1) is 0 Å². The van der Waals surface area contributed by atoms with E-state index in [-0.39, 0.29) is 5.92 Å². The van der Waals surface area contributed by atoms with Crippen molar-refractivity contribution in [1.82, 2.24) is 10.2 Å². The number of likely N-dealkylation sites (tertiary alicyclic amines) is 1. The summed E-state index contributed by atoms with van der Waals surface area (Å²) in [7, 11) is -1.29. The maximum atomic E-state index is 11.9. The Bertz CT molecular complexity index is 363. The second kappa shape index (κ2) is 8.29. The fourth-order valence-corrected chi connectivity index (χ4v) is 3.81. The molecule has 2 fully saturated rings. The van der Waals surface area contributed by atoms with Gasteiger partial charge in [-0.2, -0.15) is 0 Å². The van der Waals surface area contributed by atoms with Crippen LogP contribution in [0.2, 0.25) is 6.32 Å². The molecule has 0 aliphatic carbocycles. The minimum Gasteiger partial charge on any atom is -0.480 e. The molecule has 2 saturated heterocycles. The monoisotopic (exact) mass is 312 g/mol. The van der Waals surface area contributed by atoms with Crippen LogP contribution in [0.3, 0.4) is 0 Å². The van der Waals surface area contributed by atoms with Crippen LogP contribution < -0.4 is 5.32 Å². The van der Waals surface area contributed by atoms with E-state index in [1.54, 1.807) is 0 Å². The Labute approximate surface area is 133 Å². The van der Waals surface area contributed by atoms with Gasteiger partial charge >= 0.3 is 13.1 Å². The number of nitrogens with zero attached hydrogens (tertiary/aromatic N) is 1. The first-order valence-electron chi connectivity index (χ1n) is 8.59. The maximum Gasteiger partial charge on any atom is 0.451 e. The molecule has 4 N–H and O–H groups in total. The highest BCUT2D eigenvalue weighted by Gasteiger charge is 2.42. The van der Waals surface area contributed by atoms with Gasteiger partial charge in [0.05, 0.1) is 0 Å². The van der Waals surface area contributed by atoms with Crippen LogP contribution in [0, 0.1) is 5.92 Å². The zero-order valence-corrected chi connectivity index (χ0v) is 13.3. The summed E-state index contributed by atoms with van der Waals surface area (Å²) in [5.41, 5.74) is -0.846. The highest BCUT2D eigenvalue weighted by atomic mass is 16.4. The molecule has 0 aromatic carbocycles. The molecule has 2 rings (SSSR count). The molecule has 2 aliphatic heterocycles. The van der Waals surface area contributed by atoms with E-state index in [9.17, 15) is 9.90 Å². The van der Waals surface area contributed by atoms with Crippen LogP contribution in [0.4, 0.5) is 0 Å². The Morgan fingerprint density at radius 1 is 1.27 bits per heavy atom. The average Bonchev–Trinajstić information content (AvgIpc) is 2.52. The van der Waals surface area contributed by atoms with Crippen molar-refractivity contribution in [3.63, 3.8) is 0 Å². The molecule has 2 unspecified atom stereocenters. The van der Waals surface area contributed by atoms with Crippen LogP contribution in [0.5, 0.6) is 0 Å².